The Morgan fingerprint density at radius 1 is 1.11 bits per heavy atom. The highest BCUT2D eigenvalue weighted by Crippen LogP contribution is 2.35. The monoisotopic (exact) mass is 495 g/mol. The van der Waals surface area contributed by atoms with Crippen molar-refractivity contribution in [2.75, 3.05) is 31.8 Å². The summed E-state index contributed by atoms with van der Waals surface area (Å²) in [4.78, 5) is 37.6. The van der Waals surface area contributed by atoms with Crippen LogP contribution in [0, 0.1) is 16.0 Å². The molecule has 0 saturated carbocycles. The van der Waals surface area contributed by atoms with Gasteiger partial charge in [-0.3, -0.25) is 19.7 Å². The number of benzene rings is 2. The lowest BCUT2D eigenvalue weighted by atomic mass is 9.95. The molecule has 35 heavy (non-hydrogen) atoms. The minimum atomic E-state index is -4.60. The molecule has 1 N–H and O–H groups in total. The number of nitro groups is 1. The fourth-order valence-electron chi connectivity index (χ4n) is 3.83. The van der Waals surface area contributed by atoms with E-state index in [1.54, 1.807) is 18.2 Å². The van der Waals surface area contributed by atoms with Gasteiger partial charge in [-0.15, -0.1) is 0 Å². The molecule has 0 aromatic heterocycles. The molecule has 0 unspecified atom stereocenters. The Balaban J connectivity index is 1.39. The van der Waals surface area contributed by atoms with E-state index in [0.29, 0.717) is 30.0 Å². The number of amides is 2. The van der Waals surface area contributed by atoms with E-state index in [4.69, 9.17) is 9.47 Å². The van der Waals surface area contributed by atoms with Crippen molar-refractivity contribution in [3.8, 4) is 17.2 Å². The van der Waals surface area contributed by atoms with Crippen molar-refractivity contribution in [3.05, 3.63) is 52.1 Å². The highest BCUT2D eigenvalue weighted by molar-refractivity contribution is 5.99. The minimum absolute atomic E-state index is 0.106. The van der Waals surface area contributed by atoms with Crippen LogP contribution in [0.15, 0.2) is 36.4 Å². The lowest BCUT2D eigenvalue weighted by molar-refractivity contribution is -0.385. The zero-order chi connectivity index (χ0) is 25.2. The molecule has 2 heterocycles. The number of rotatable bonds is 6. The second-order valence-electron chi connectivity index (χ2n) is 7.96. The Hall–Kier alpha value is -4.03. The Kier molecular flexibility index (Phi) is 6.67. The summed E-state index contributed by atoms with van der Waals surface area (Å²) in [7, 11) is 0. The van der Waals surface area contributed by atoms with E-state index in [0.717, 1.165) is 18.2 Å². The molecule has 4 rings (SSSR count). The third-order valence-corrected chi connectivity index (χ3v) is 5.59. The first-order chi connectivity index (χ1) is 16.6. The van der Waals surface area contributed by atoms with Crippen molar-refractivity contribution in [2.24, 2.45) is 5.92 Å². The summed E-state index contributed by atoms with van der Waals surface area (Å²) in [6, 6.07) is 7.88. The third kappa shape index (κ3) is 5.73. The third-order valence-electron chi connectivity index (χ3n) is 5.59. The smallest absolute Gasteiger partial charge is 0.422 e. The lowest BCUT2D eigenvalue weighted by Gasteiger charge is -2.31. The molecule has 0 radical (unpaired) electrons. The van der Waals surface area contributed by atoms with Crippen LogP contribution in [0.3, 0.4) is 0 Å². The van der Waals surface area contributed by atoms with Crippen molar-refractivity contribution in [1.29, 1.82) is 0 Å². The molecule has 0 atom stereocenters. The summed E-state index contributed by atoms with van der Waals surface area (Å²) in [5, 5.41) is 14.2. The van der Waals surface area contributed by atoms with E-state index < -0.39 is 35.2 Å². The molecular weight excluding hydrogens is 475 g/mol. The van der Waals surface area contributed by atoms with Crippen LogP contribution >= 0.6 is 0 Å². The normalized spacial score (nSPS) is 15.6. The molecule has 0 aliphatic carbocycles. The zero-order valence-electron chi connectivity index (χ0n) is 18.2. The van der Waals surface area contributed by atoms with Crippen molar-refractivity contribution < 1.29 is 41.9 Å². The number of anilines is 1. The van der Waals surface area contributed by atoms with E-state index in [1.807, 2.05) is 0 Å². The maximum atomic E-state index is 13.0. The van der Waals surface area contributed by atoms with Crippen LogP contribution in [0.5, 0.6) is 17.2 Å². The molecule has 2 aliphatic heterocycles. The molecule has 10 nitrogen and oxygen atoms in total. The highest BCUT2D eigenvalue weighted by atomic mass is 19.4. The number of piperidine rings is 1. The van der Waals surface area contributed by atoms with E-state index in [2.05, 4.69) is 10.1 Å². The maximum Gasteiger partial charge on any atom is 0.422 e. The van der Waals surface area contributed by atoms with Crippen molar-refractivity contribution in [1.82, 2.24) is 4.90 Å². The van der Waals surface area contributed by atoms with Gasteiger partial charge in [-0.25, -0.2) is 0 Å². The average Bonchev–Trinajstić information content (AvgIpc) is 3.29. The van der Waals surface area contributed by atoms with Crippen LogP contribution < -0.4 is 19.5 Å². The number of carbonyl (C=O) groups is 2. The van der Waals surface area contributed by atoms with Gasteiger partial charge < -0.3 is 24.4 Å². The Morgan fingerprint density at radius 3 is 2.51 bits per heavy atom. The molecule has 1 fully saturated rings. The number of nitrogens with zero attached hydrogens (tertiary/aromatic N) is 2. The average molecular weight is 495 g/mol. The van der Waals surface area contributed by atoms with Crippen molar-refractivity contribution in [3.63, 3.8) is 0 Å². The van der Waals surface area contributed by atoms with Gasteiger partial charge >= 0.3 is 6.18 Å². The molecule has 2 aromatic rings. The number of carbonyl (C=O) groups excluding carboxylic acids is 2. The highest BCUT2D eigenvalue weighted by Gasteiger charge is 2.32. The summed E-state index contributed by atoms with van der Waals surface area (Å²) in [5.41, 5.74) is -0.390. The zero-order valence-corrected chi connectivity index (χ0v) is 18.2. The predicted molar refractivity (Wildman–Crippen MR) is 114 cm³/mol. The predicted octanol–water partition coefficient (Wildman–Crippen LogP) is 3.76. The Bertz CT molecular complexity index is 1150. The molecule has 13 heteroatoms. The van der Waals surface area contributed by atoms with Gasteiger partial charge in [0.15, 0.2) is 18.1 Å². The molecular formula is C22H20F3N3O7. The van der Waals surface area contributed by atoms with Gasteiger partial charge in [0.25, 0.3) is 11.6 Å². The number of alkyl halides is 3. The number of hydrogen-bond acceptors (Lipinski definition) is 7. The SMILES string of the molecule is O=C(Nc1ccc2c(c1)OCO2)C1CCN(C(=O)c2cc(OCC(F)(F)F)ccc2[N+](=O)[O-])CC1. The summed E-state index contributed by atoms with van der Waals surface area (Å²) in [5.74, 6) is -0.577. The van der Waals surface area contributed by atoms with Crippen LogP contribution in [0.25, 0.3) is 0 Å². The number of nitrogens with one attached hydrogen (secondary N) is 1. The van der Waals surface area contributed by atoms with E-state index in [1.165, 1.54) is 4.90 Å². The number of nitro benzene ring substituents is 1. The van der Waals surface area contributed by atoms with E-state index in [9.17, 15) is 32.9 Å². The first-order valence-electron chi connectivity index (χ1n) is 10.6. The Morgan fingerprint density at radius 2 is 1.83 bits per heavy atom. The second kappa shape index (κ2) is 9.68. The van der Waals surface area contributed by atoms with Gasteiger partial charge in [0.2, 0.25) is 12.7 Å². The molecule has 2 aliphatic rings. The van der Waals surface area contributed by atoms with Crippen LogP contribution in [0.1, 0.15) is 23.2 Å². The molecule has 2 amide bonds. The first-order valence-corrected chi connectivity index (χ1v) is 10.6. The Labute approximate surface area is 196 Å². The summed E-state index contributed by atoms with van der Waals surface area (Å²) in [6.45, 7) is -1.21. The van der Waals surface area contributed by atoms with Crippen molar-refractivity contribution >= 4 is 23.2 Å². The maximum absolute atomic E-state index is 13.0. The number of halogens is 3. The van der Waals surface area contributed by atoms with Crippen LogP contribution in [0.4, 0.5) is 24.5 Å². The van der Waals surface area contributed by atoms with Gasteiger partial charge in [-0.2, -0.15) is 13.2 Å². The summed E-state index contributed by atoms with van der Waals surface area (Å²) in [6.07, 6.45) is -3.99. The van der Waals surface area contributed by atoms with Gasteiger partial charge in [0.05, 0.1) is 4.92 Å². The first kappa shape index (κ1) is 24.1. The van der Waals surface area contributed by atoms with Crippen molar-refractivity contribution in [2.45, 2.75) is 19.0 Å². The lowest BCUT2D eigenvalue weighted by Crippen LogP contribution is -2.41. The van der Waals surface area contributed by atoms with Gasteiger partial charge in [0.1, 0.15) is 11.3 Å². The number of fused-ring (bicyclic) bond motifs is 1. The summed E-state index contributed by atoms with van der Waals surface area (Å²) >= 11 is 0. The fourth-order valence-corrected chi connectivity index (χ4v) is 3.83. The van der Waals surface area contributed by atoms with E-state index >= 15 is 0 Å². The standard InChI is InChI=1S/C22H20F3N3O7/c23-22(24,25)11-33-15-2-3-17(28(31)32)16(10-15)21(30)27-7-5-13(6-8-27)20(29)26-14-1-4-18-19(9-14)35-12-34-18/h1-4,9-10,13H,5-8,11-12H2,(H,26,29). The van der Waals surface area contributed by atoms with Crippen LogP contribution in [0.2, 0.25) is 0 Å². The molecule has 0 spiro atoms. The number of likely N-dealkylation sites (tertiary alicyclic amines) is 1. The van der Waals surface area contributed by atoms with Gasteiger partial charge in [-0.05, 0) is 37.1 Å². The largest absolute Gasteiger partial charge is 0.484 e. The topological polar surface area (TPSA) is 120 Å². The molecule has 186 valence electrons. The molecule has 1 saturated heterocycles. The van der Waals surface area contributed by atoms with Crippen LogP contribution in [-0.4, -0.2) is 54.3 Å². The fraction of sp³-hybridized carbons (Fsp3) is 0.364. The quantitative estimate of drug-likeness (QED) is 0.479. The van der Waals surface area contributed by atoms with Gasteiger partial charge in [-0.1, -0.05) is 0 Å². The number of hydrogen-bond donors (Lipinski definition) is 1. The molecule has 2 aromatic carbocycles. The summed E-state index contributed by atoms with van der Waals surface area (Å²) < 4.78 is 52.5. The number of ether oxygens (including phenoxy) is 3. The van der Waals surface area contributed by atoms with Crippen LogP contribution in [-0.2, 0) is 4.79 Å². The minimum Gasteiger partial charge on any atom is -0.484 e. The van der Waals surface area contributed by atoms with Gasteiger partial charge in [0, 0.05) is 36.8 Å². The molecule has 0 bridgehead atoms. The van der Waals surface area contributed by atoms with E-state index in [-0.39, 0.29) is 37.1 Å². The second-order valence-corrected chi connectivity index (χ2v) is 7.96.